The monoisotopic (exact) mass is 208 g/mol. The van der Waals surface area contributed by atoms with Gasteiger partial charge in [0.1, 0.15) is 0 Å². The van der Waals surface area contributed by atoms with E-state index in [9.17, 15) is 0 Å². The van der Waals surface area contributed by atoms with E-state index in [1.807, 2.05) is 12.4 Å². The lowest BCUT2D eigenvalue weighted by molar-refractivity contribution is 0.886. The number of fused-ring (bicyclic) bond motifs is 1. The van der Waals surface area contributed by atoms with E-state index < -0.39 is 0 Å². The van der Waals surface area contributed by atoms with Gasteiger partial charge in [0.2, 0.25) is 0 Å². The highest BCUT2D eigenvalue weighted by Crippen LogP contribution is 2.39. The van der Waals surface area contributed by atoms with Crippen molar-refractivity contribution in [3.8, 4) is 0 Å². The fourth-order valence-electron chi connectivity index (χ4n) is 1.52. The Morgan fingerprint density at radius 2 is 2.36 bits per heavy atom. The Hall–Kier alpha value is -1.16. The third-order valence-corrected chi connectivity index (χ3v) is 2.66. The summed E-state index contributed by atoms with van der Waals surface area (Å²) < 4.78 is 1.71. The molecule has 0 amide bonds. The van der Waals surface area contributed by atoms with Crippen molar-refractivity contribution in [2.75, 3.05) is 0 Å². The summed E-state index contributed by atoms with van der Waals surface area (Å²) in [6.07, 6.45) is 6.43. The molecule has 0 radical (unpaired) electrons. The third kappa shape index (κ3) is 1.26. The van der Waals surface area contributed by atoms with Gasteiger partial charge < -0.3 is 0 Å². The van der Waals surface area contributed by atoms with Crippen LogP contribution in [-0.4, -0.2) is 19.6 Å². The first-order valence-corrected chi connectivity index (χ1v) is 5.17. The third-order valence-electron chi connectivity index (χ3n) is 2.43. The van der Waals surface area contributed by atoms with Gasteiger partial charge >= 0.3 is 0 Å². The van der Waals surface area contributed by atoms with E-state index >= 15 is 0 Å². The second kappa shape index (κ2) is 2.92. The van der Waals surface area contributed by atoms with Crippen LogP contribution in [0.1, 0.15) is 30.1 Å². The topological polar surface area (TPSA) is 43.1 Å². The molecule has 0 N–H and O–H groups in total. The average Bonchev–Trinajstić information content (AvgIpc) is 2.97. The second-order valence-electron chi connectivity index (χ2n) is 3.57. The maximum Gasteiger partial charge on any atom is 0.252 e. The van der Waals surface area contributed by atoms with Gasteiger partial charge in [0, 0.05) is 12.4 Å². The first-order chi connectivity index (χ1) is 6.86. The first-order valence-electron chi connectivity index (χ1n) is 4.64. The van der Waals surface area contributed by atoms with Crippen LogP contribution < -0.4 is 0 Å². The standard InChI is InChI=1S/C9H9ClN4/c10-3-8-12-9-11-4-7(6-1-2-6)5-14(9)13-8/h4-6H,1-3H2. The lowest BCUT2D eigenvalue weighted by atomic mass is 10.2. The molecular weight excluding hydrogens is 200 g/mol. The first kappa shape index (κ1) is 8.17. The van der Waals surface area contributed by atoms with E-state index in [0.29, 0.717) is 23.4 Å². The van der Waals surface area contributed by atoms with Gasteiger partial charge in [0.15, 0.2) is 5.82 Å². The molecule has 1 fully saturated rings. The van der Waals surface area contributed by atoms with Crippen LogP contribution >= 0.6 is 11.6 Å². The van der Waals surface area contributed by atoms with Crippen LogP contribution in [0.5, 0.6) is 0 Å². The fraction of sp³-hybridized carbons (Fsp3) is 0.444. The van der Waals surface area contributed by atoms with Crippen molar-refractivity contribution in [3.05, 3.63) is 23.8 Å². The molecule has 14 heavy (non-hydrogen) atoms. The fourth-order valence-corrected chi connectivity index (χ4v) is 1.64. The molecule has 0 spiro atoms. The highest BCUT2D eigenvalue weighted by molar-refractivity contribution is 6.16. The summed E-state index contributed by atoms with van der Waals surface area (Å²) in [5, 5.41) is 4.21. The summed E-state index contributed by atoms with van der Waals surface area (Å²) >= 11 is 5.65. The van der Waals surface area contributed by atoms with Crippen molar-refractivity contribution in [1.82, 2.24) is 19.6 Å². The Labute approximate surface area is 85.9 Å². The molecule has 72 valence electrons. The molecule has 2 aromatic rings. The minimum atomic E-state index is 0.335. The Balaban J connectivity index is 2.12. The molecular formula is C9H9ClN4. The van der Waals surface area contributed by atoms with Gasteiger partial charge in [-0.15, -0.1) is 16.7 Å². The number of rotatable bonds is 2. The molecule has 0 unspecified atom stereocenters. The zero-order chi connectivity index (χ0) is 9.54. The van der Waals surface area contributed by atoms with Crippen molar-refractivity contribution >= 4 is 17.4 Å². The molecule has 4 nitrogen and oxygen atoms in total. The van der Waals surface area contributed by atoms with Crippen LogP contribution in [0.15, 0.2) is 12.4 Å². The number of alkyl halides is 1. The van der Waals surface area contributed by atoms with Gasteiger partial charge in [-0.2, -0.15) is 4.98 Å². The molecule has 1 aliphatic carbocycles. The molecule has 0 atom stereocenters. The summed E-state index contributed by atoms with van der Waals surface area (Å²) in [5.41, 5.74) is 1.25. The van der Waals surface area contributed by atoms with Gasteiger partial charge in [-0.1, -0.05) is 0 Å². The minimum Gasteiger partial charge on any atom is -0.219 e. The number of aromatic nitrogens is 4. The maximum absolute atomic E-state index is 5.65. The quantitative estimate of drug-likeness (QED) is 0.707. The summed E-state index contributed by atoms with van der Waals surface area (Å²) in [6, 6.07) is 0. The van der Waals surface area contributed by atoms with E-state index in [2.05, 4.69) is 15.1 Å². The van der Waals surface area contributed by atoms with Crippen LogP contribution in [0, 0.1) is 0 Å². The van der Waals surface area contributed by atoms with Crippen molar-refractivity contribution in [1.29, 1.82) is 0 Å². The second-order valence-corrected chi connectivity index (χ2v) is 3.84. The predicted octanol–water partition coefficient (Wildman–Crippen LogP) is 1.74. The molecule has 2 aromatic heterocycles. The van der Waals surface area contributed by atoms with Crippen molar-refractivity contribution in [3.63, 3.8) is 0 Å². The van der Waals surface area contributed by atoms with Crippen LogP contribution in [0.4, 0.5) is 0 Å². The number of hydrogen-bond acceptors (Lipinski definition) is 3. The molecule has 5 heteroatoms. The van der Waals surface area contributed by atoms with Crippen LogP contribution in [0.2, 0.25) is 0 Å². The molecule has 0 saturated heterocycles. The lowest BCUT2D eigenvalue weighted by Gasteiger charge is -1.95. The van der Waals surface area contributed by atoms with Crippen molar-refractivity contribution in [2.45, 2.75) is 24.6 Å². The lowest BCUT2D eigenvalue weighted by Crippen LogP contribution is -1.93. The Bertz CT molecular complexity index is 475. The van der Waals surface area contributed by atoms with Gasteiger partial charge in [-0.05, 0) is 24.3 Å². The van der Waals surface area contributed by atoms with E-state index in [1.54, 1.807) is 4.52 Å². The van der Waals surface area contributed by atoms with Crippen molar-refractivity contribution < 1.29 is 0 Å². The Morgan fingerprint density at radius 3 is 3.07 bits per heavy atom. The summed E-state index contributed by atoms with van der Waals surface area (Å²) in [7, 11) is 0. The van der Waals surface area contributed by atoms with Gasteiger partial charge in [0.05, 0.1) is 5.88 Å². The Morgan fingerprint density at radius 1 is 1.50 bits per heavy atom. The largest absolute Gasteiger partial charge is 0.252 e. The molecule has 1 aliphatic rings. The highest BCUT2D eigenvalue weighted by Gasteiger charge is 2.24. The predicted molar refractivity (Wildman–Crippen MR) is 52.3 cm³/mol. The highest BCUT2D eigenvalue weighted by atomic mass is 35.5. The van der Waals surface area contributed by atoms with E-state index in [1.165, 1.54) is 18.4 Å². The minimum absolute atomic E-state index is 0.335. The van der Waals surface area contributed by atoms with Gasteiger partial charge in [-0.25, -0.2) is 9.50 Å². The molecule has 0 bridgehead atoms. The smallest absolute Gasteiger partial charge is 0.219 e. The van der Waals surface area contributed by atoms with E-state index in [0.717, 1.165) is 0 Å². The molecule has 3 rings (SSSR count). The normalized spacial score (nSPS) is 16.4. The van der Waals surface area contributed by atoms with Crippen LogP contribution in [0.3, 0.4) is 0 Å². The van der Waals surface area contributed by atoms with Crippen molar-refractivity contribution in [2.24, 2.45) is 0 Å². The van der Waals surface area contributed by atoms with E-state index in [4.69, 9.17) is 11.6 Å². The molecule has 2 heterocycles. The van der Waals surface area contributed by atoms with Gasteiger partial charge in [0.25, 0.3) is 5.78 Å². The Kier molecular flexibility index (Phi) is 1.70. The summed E-state index contributed by atoms with van der Waals surface area (Å²) in [6.45, 7) is 0. The van der Waals surface area contributed by atoms with Crippen LogP contribution in [0.25, 0.3) is 5.78 Å². The summed E-state index contributed by atoms with van der Waals surface area (Å²) in [5.74, 6) is 2.29. The zero-order valence-corrected chi connectivity index (χ0v) is 8.28. The average molecular weight is 209 g/mol. The molecule has 0 aromatic carbocycles. The maximum atomic E-state index is 5.65. The van der Waals surface area contributed by atoms with Gasteiger partial charge in [-0.3, -0.25) is 0 Å². The molecule has 0 aliphatic heterocycles. The zero-order valence-electron chi connectivity index (χ0n) is 7.52. The summed E-state index contributed by atoms with van der Waals surface area (Å²) in [4.78, 5) is 8.40. The van der Waals surface area contributed by atoms with Crippen LogP contribution in [-0.2, 0) is 5.88 Å². The van der Waals surface area contributed by atoms with E-state index in [-0.39, 0.29) is 0 Å². The number of hydrogen-bond donors (Lipinski definition) is 0. The SMILES string of the molecule is ClCc1nc2ncc(C3CC3)cn2n1. The number of halogens is 1. The molecule has 1 saturated carbocycles. The number of nitrogens with zero attached hydrogens (tertiary/aromatic N) is 4.